The van der Waals surface area contributed by atoms with Crippen molar-refractivity contribution in [3.05, 3.63) is 32.4 Å². The van der Waals surface area contributed by atoms with Gasteiger partial charge >= 0.3 is 0 Å². The van der Waals surface area contributed by atoms with Gasteiger partial charge in [0.05, 0.1) is 5.56 Å². The van der Waals surface area contributed by atoms with Crippen LogP contribution in [0.3, 0.4) is 0 Å². The summed E-state index contributed by atoms with van der Waals surface area (Å²) >= 11 is 2.26. The Morgan fingerprint density at radius 2 is 2.29 bits per heavy atom. The van der Waals surface area contributed by atoms with Gasteiger partial charge in [0.25, 0.3) is 0 Å². The summed E-state index contributed by atoms with van der Waals surface area (Å²) in [4.78, 5) is 0. The van der Waals surface area contributed by atoms with Crippen LogP contribution in [0.5, 0.6) is 0 Å². The Morgan fingerprint density at radius 1 is 1.50 bits per heavy atom. The fraction of sp³-hybridized carbons (Fsp3) is 0.364. The number of halogens is 1. The lowest BCUT2D eigenvalue weighted by Crippen LogP contribution is -2.18. The van der Waals surface area contributed by atoms with Crippen molar-refractivity contribution in [2.45, 2.75) is 25.3 Å². The molecule has 0 saturated carbocycles. The first-order valence-corrected chi connectivity index (χ1v) is 5.79. The first-order chi connectivity index (χ1) is 6.74. The molecule has 1 aliphatic carbocycles. The van der Waals surface area contributed by atoms with Crippen LogP contribution in [0.1, 0.15) is 35.6 Å². The van der Waals surface area contributed by atoms with E-state index in [-0.39, 0.29) is 6.04 Å². The van der Waals surface area contributed by atoms with Crippen LogP contribution < -0.4 is 5.73 Å². The number of rotatable bonds is 0. The number of fused-ring (bicyclic) bond motifs is 1. The van der Waals surface area contributed by atoms with Crippen LogP contribution in [0.2, 0.25) is 0 Å². The van der Waals surface area contributed by atoms with Crippen LogP contribution in [0.4, 0.5) is 0 Å². The normalized spacial score (nSPS) is 19.9. The number of hydrogen-bond donors (Lipinski definition) is 1. The van der Waals surface area contributed by atoms with Gasteiger partial charge in [-0.2, -0.15) is 5.26 Å². The van der Waals surface area contributed by atoms with Crippen molar-refractivity contribution in [2.75, 3.05) is 0 Å². The predicted octanol–water partition coefficient (Wildman–Crippen LogP) is 2.50. The number of nitrogens with two attached hydrogens (primary N) is 1. The second kappa shape index (κ2) is 3.87. The van der Waals surface area contributed by atoms with Gasteiger partial charge in [-0.05, 0) is 59.0 Å². The summed E-state index contributed by atoms with van der Waals surface area (Å²) in [5.74, 6) is 0. The molecule has 1 aliphatic rings. The Morgan fingerprint density at radius 3 is 3.00 bits per heavy atom. The topological polar surface area (TPSA) is 49.8 Å². The molecular weight excluding hydrogens is 287 g/mol. The molecule has 0 radical (unpaired) electrons. The molecule has 14 heavy (non-hydrogen) atoms. The molecule has 72 valence electrons. The van der Waals surface area contributed by atoms with E-state index in [0.29, 0.717) is 0 Å². The van der Waals surface area contributed by atoms with E-state index in [1.807, 2.05) is 12.1 Å². The lowest BCUT2D eigenvalue weighted by atomic mass is 9.87. The van der Waals surface area contributed by atoms with Crippen molar-refractivity contribution >= 4 is 22.6 Å². The molecule has 0 aromatic heterocycles. The minimum absolute atomic E-state index is 0.167. The van der Waals surface area contributed by atoms with Gasteiger partial charge in [0.1, 0.15) is 6.07 Å². The van der Waals surface area contributed by atoms with Crippen LogP contribution in [-0.2, 0) is 6.42 Å². The van der Waals surface area contributed by atoms with Gasteiger partial charge in [-0.15, -0.1) is 0 Å². The molecule has 0 aliphatic heterocycles. The molecule has 0 unspecified atom stereocenters. The summed E-state index contributed by atoms with van der Waals surface area (Å²) < 4.78 is 1.10. The first kappa shape index (κ1) is 9.94. The minimum Gasteiger partial charge on any atom is -0.324 e. The minimum atomic E-state index is 0.167. The summed E-state index contributed by atoms with van der Waals surface area (Å²) in [7, 11) is 0. The molecule has 1 atom stereocenters. The van der Waals surface area contributed by atoms with E-state index < -0.39 is 0 Å². The van der Waals surface area contributed by atoms with Crippen molar-refractivity contribution in [2.24, 2.45) is 5.73 Å². The third-order valence-corrected chi connectivity index (χ3v) is 3.97. The van der Waals surface area contributed by atoms with Gasteiger partial charge in [-0.25, -0.2) is 0 Å². The predicted molar refractivity (Wildman–Crippen MR) is 63.7 cm³/mol. The van der Waals surface area contributed by atoms with Crippen molar-refractivity contribution in [1.82, 2.24) is 0 Å². The van der Waals surface area contributed by atoms with Gasteiger partial charge in [0, 0.05) is 9.61 Å². The zero-order chi connectivity index (χ0) is 10.1. The number of nitriles is 1. The molecule has 1 aromatic rings. The molecule has 2 N–H and O–H groups in total. The highest BCUT2D eigenvalue weighted by Crippen LogP contribution is 2.32. The third-order valence-electron chi connectivity index (χ3n) is 2.74. The molecule has 0 spiro atoms. The van der Waals surface area contributed by atoms with Gasteiger partial charge in [-0.1, -0.05) is 6.07 Å². The van der Waals surface area contributed by atoms with Crippen LogP contribution in [0.25, 0.3) is 0 Å². The summed E-state index contributed by atoms with van der Waals surface area (Å²) in [5.41, 5.74) is 9.33. The third kappa shape index (κ3) is 1.53. The van der Waals surface area contributed by atoms with Crippen LogP contribution >= 0.6 is 22.6 Å². The zero-order valence-electron chi connectivity index (χ0n) is 7.76. The van der Waals surface area contributed by atoms with Gasteiger partial charge < -0.3 is 5.73 Å². The zero-order valence-corrected chi connectivity index (χ0v) is 9.91. The molecule has 2 rings (SSSR count). The SMILES string of the molecule is N#Cc1ccc2c(c1I)CCC[C@H]2N. The maximum Gasteiger partial charge on any atom is 0.100 e. The molecule has 2 nitrogen and oxygen atoms in total. The number of nitrogens with zero attached hydrogens (tertiary/aromatic N) is 1. The summed E-state index contributed by atoms with van der Waals surface area (Å²) in [6.45, 7) is 0. The monoisotopic (exact) mass is 298 g/mol. The molecule has 0 amide bonds. The van der Waals surface area contributed by atoms with E-state index in [1.54, 1.807) is 0 Å². The maximum absolute atomic E-state index is 8.90. The van der Waals surface area contributed by atoms with E-state index in [0.717, 1.165) is 28.4 Å². The van der Waals surface area contributed by atoms with Crippen molar-refractivity contribution in [3.63, 3.8) is 0 Å². The smallest absolute Gasteiger partial charge is 0.100 e. The molecule has 0 heterocycles. The molecule has 0 bridgehead atoms. The molecule has 0 fully saturated rings. The Bertz CT molecular complexity index is 406. The van der Waals surface area contributed by atoms with E-state index in [9.17, 15) is 0 Å². The lowest BCUT2D eigenvalue weighted by molar-refractivity contribution is 0.568. The Labute approximate surface area is 97.2 Å². The van der Waals surface area contributed by atoms with Crippen LogP contribution in [0.15, 0.2) is 12.1 Å². The fourth-order valence-electron chi connectivity index (χ4n) is 1.98. The molecule has 1 aromatic carbocycles. The van der Waals surface area contributed by atoms with Gasteiger partial charge in [-0.3, -0.25) is 0 Å². The summed E-state index contributed by atoms with van der Waals surface area (Å²) in [5, 5.41) is 8.90. The van der Waals surface area contributed by atoms with Crippen LogP contribution in [-0.4, -0.2) is 0 Å². The van der Waals surface area contributed by atoms with Crippen molar-refractivity contribution < 1.29 is 0 Å². The highest BCUT2D eigenvalue weighted by molar-refractivity contribution is 14.1. The van der Waals surface area contributed by atoms with E-state index in [2.05, 4.69) is 28.7 Å². The number of hydrogen-bond acceptors (Lipinski definition) is 2. The maximum atomic E-state index is 8.90. The lowest BCUT2D eigenvalue weighted by Gasteiger charge is -2.23. The Hall–Kier alpha value is -0.600. The highest BCUT2D eigenvalue weighted by Gasteiger charge is 2.20. The summed E-state index contributed by atoms with van der Waals surface area (Å²) in [6, 6.07) is 6.27. The molecule has 3 heteroatoms. The van der Waals surface area contributed by atoms with Gasteiger partial charge in [0.2, 0.25) is 0 Å². The van der Waals surface area contributed by atoms with Gasteiger partial charge in [0.15, 0.2) is 0 Å². The van der Waals surface area contributed by atoms with E-state index in [1.165, 1.54) is 11.1 Å². The summed E-state index contributed by atoms with van der Waals surface area (Å²) in [6.07, 6.45) is 3.27. The second-order valence-corrected chi connectivity index (χ2v) is 4.68. The van der Waals surface area contributed by atoms with Crippen molar-refractivity contribution in [1.29, 1.82) is 5.26 Å². The largest absolute Gasteiger partial charge is 0.324 e. The first-order valence-electron chi connectivity index (χ1n) is 4.71. The van der Waals surface area contributed by atoms with Crippen LogP contribution in [0, 0.1) is 14.9 Å². The quantitative estimate of drug-likeness (QED) is 0.748. The Kier molecular flexibility index (Phi) is 2.75. The average molecular weight is 298 g/mol. The highest BCUT2D eigenvalue weighted by atomic mass is 127. The molecule has 0 saturated heterocycles. The second-order valence-electron chi connectivity index (χ2n) is 3.61. The average Bonchev–Trinajstić information content (AvgIpc) is 2.20. The van der Waals surface area contributed by atoms with Crippen molar-refractivity contribution in [3.8, 4) is 6.07 Å². The van der Waals surface area contributed by atoms with E-state index in [4.69, 9.17) is 11.0 Å². The van der Waals surface area contributed by atoms with E-state index >= 15 is 0 Å². The Balaban J connectivity index is 2.59. The fourth-order valence-corrected chi connectivity index (χ4v) is 2.86. The number of benzene rings is 1. The standard InChI is InChI=1S/C11H11IN2/c12-11-7(6-13)4-5-8-9(11)2-1-3-10(8)14/h4-5,10H,1-3,14H2/t10-/m1/s1. The molecular formula is C11H11IN2.